The summed E-state index contributed by atoms with van der Waals surface area (Å²) in [5.74, 6) is -4.05. The van der Waals surface area contributed by atoms with E-state index in [9.17, 15) is 63.8 Å². The van der Waals surface area contributed by atoms with Gasteiger partial charge in [-0.2, -0.15) is 4.31 Å². The van der Waals surface area contributed by atoms with Crippen LogP contribution in [0, 0.1) is 82.3 Å². The third kappa shape index (κ3) is 29.8. The highest BCUT2D eigenvalue weighted by atomic mass is 32.2. The molecule has 0 saturated carbocycles. The van der Waals surface area contributed by atoms with Crippen molar-refractivity contribution in [1.82, 2.24) is 4.31 Å². The van der Waals surface area contributed by atoms with Crippen LogP contribution in [0.5, 0.6) is 0 Å². The zero-order chi connectivity index (χ0) is 102. The number of nitrogens with two attached hydrogens (primary N) is 2. The molecule has 9 aromatic carbocycles. The number of benzene rings is 9. The second kappa shape index (κ2) is 50.9. The second-order valence-corrected chi connectivity index (χ2v) is 40.5. The van der Waals surface area contributed by atoms with Crippen LogP contribution >= 0.6 is 0 Å². The van der Waals surface area contributed by atoms with Crippen LogP contribution in [0.25, 0.3) is 0 Å². The molecule has 9 aromatic rings. The lowest BCUT2D eigenvalue weighted by molar-refractivity contribution is -0.157. The van der Waals surface area contributed by atoms with Crippen LogP contribution in [0.3, 0.4) is 0 Å². The van der Waals surface area contributed by atoms with Gasteiger partial charge in [-0.15, -0.1) is 0 Å². The highest BCUT2D eigenvalue weighted by molar-refractivity contribution is 7.89. The van der Waals surface area contributed by atoms with Crippen molar-refractivity contribution in [3.63, 3.8) is 0 Å². The standard InChI is InChI=1S/C23H29FN2O3S.C21H23FO3.C18H25FO3.C14H17FO3.C13H15FO3.C12H16FNO.C10H11FO2/c1-17-7-10-22(18-5-3-2-4-6-18)30(27,28)26(17)16-19-8-9-20(15-21(19)24)23(25)11-13-29-14-12-23;1-16-7-8-18(13-19(16)22)21(9-11-24-12-10-21)14-20(23)25-15-17-5-3-2-4-6-17;1-13-5-6-14(11-15(13)19)18(7-9-21-10-8-18)12-16(20)22-17(2,3)4;1-10-3-4-11(9-12(10)15)14(13(16)17-2)5-7-18-8-6-14;1-9-2-3-10(8-11(9)14)13(12(15)16)4-6-17-7-5-13;1-9-2-3-10(8-11(9)13)12(14)4-6-15-7-5-12;1-7-3-4-8(5-9(7)11)6-10(12)13-2/h2-6,8-9,15,17,22H,7,10-14,16,25H2,1H3;2-8,13H,9-12,14-15H2,1H3;5-6,11H,7-10,12H2,1-4H3;3-4,9H,5-8H2,1-2H3;2-3,8H,4-7H2,1H3,(H,15,16);2-3,8H,4-7,14H2,1H3;3-5H,6H2,1-2H3/t17-,22+;;;;;;/m0....../s1. The molecule has 0 amide bonds. The van der Waals surface area contributed by atoms with Gasteiger partial charge in [-0.25, -0.2) is 39.2 Å². The first-order valence-corrected chi connectivity index (χ1v) is 49.3. The first-order chi connectivity index (χ1) is 66.5. The molecule has 0 aromatic heterocycles. The molecule has 29 heteroatoms. The Balaban J connectivity index is 0.000000171. The topological polar surface area (TPSA) is 287 Å². The van der Waals surface area contributed by atoms with Gasteiger partial charge in [-0.3, -0.25) is 24.0 Å². The average Bonchev–Trinajstić information content (AvgIpc) is 0.753. The number of halogens is 7. The van der Waals surface area contributed by atoms with Gasteiger partial charge in [-0.05, 0) is 285 Å². The van der Waals surface area contributed by atoms with Crippen molar-refractivity contribution < 1.29 is 116 Å². The summed E-state index contributed by atoms with van der Waals surface area (Å²) in [6.45, 7) is 24.6. The minimum atomic E-state index is -3.60. The molecule has 16 rings (SSSR count). The molecule has 5 N–H and O–H groups in total. The van der Waals surface area contributed by atoms with Gasteiger partial charge in [0.25, 0.3) is 0 Å². The molecule has 758 valence electrons. The lowest BCUT2D eigenvalue weighted by Crippen LogP contribution is -2.45. The molecule has 7 aliphatic heterocycles. The summed E-state index contributed by atoms with van der Waals surface area (Å²) in [6.07, 6.45) is 9.37. The quantitative estimate of drug-likeness (QED) is 0.0385. The van der Waals surface area contributed by atoms with Gasteiger partial charge in [0.15, 0.2) is 0 Å². The summed E-state index contributed by atoms with van der Waals surface area (Å²) in [6, 6.07) is 53.8. The van der Waals surface area contributed by atoms with Crippen molar-refractivity contribution >= 4 is 39.9 Å². The first kappa shape index (κ1) is 111. The van der Waals surface area contributed by atoms with E-state index in [1.165, 1.54) is 42.8 Å². The van der Waals surface area contributed by atoms with Crippen LogP contribution in [0.4, 0.5) is 30.7 Å². The lowest BCUT2D eigenvalue weighted by Gasteiger charge is -2.38. The van der Waals surface area contributed by atoms with Crippen molar-refractivity contribution in [3.05, 3.63) is 318 Å². The number of aryl methyl sites for hydroxylation is 6. The average molecular weight is 1970 g/mol. The van der Waals surface area contributed by atoms with E-state index in [0.717, 1.165) is 52.6 Å². The van der Waals surface area contributed by atoms with Crippen molar-refractivity contribution in [3.8, 4) is 0 Å². The van der Waals surface area contributed by atoms with E-state index in [-0.39, 0.29) is 97.2 Å². The number of carbonyl (C=O) groups is 5. The number of sulfonamides is 1. The van der Waals surface area contributed by atoms with Crippen LogP contribution in [0.2, 0.25) is 0 Å². The Hall–Kier alpha value is -10.6. The smallest absolute Gasteiger partial charge is 0.316 e. The van der Waals surface area contributed by atoms with E-state index in [2.05, 4.69) is 4.74 Å². The number of methoxy groups -OCH3 is 2. The Morgan fingerprint density at radius 1 is 0.407 bits per heavy atom. The SMILES string of the molecule is COC(=O)C1(c2ccc(C)c(F)c2)CCOCC1.COC(=O)Cc1ccc(C)c(F)c1.C[C@H]1CC[C@H](c2ccccc2)S(=O)(=O)N1Cc1ccc(C2(N)CCOCC2)cc1F.Cc1ccc(C2(C(=O)O)CCOCC2)cc1F.Cc1ccc(C2(CC(=O)OC(C)(C)C)CCOCC2)cc1F.Cc1ccc(C2(CC(=O)OCc3ccccc3)CCOCC2)cc1F.Cc1ccc(C2(N)CCOCC2)cc1F. The normalized spacial score (nSPS) is 19.1. The molecule has 0 spiro atoms. The van der Waals surface area contributed by atoms with Gasteiger partial charge >= 0.3 is 29.8 Å². The Morgan fingerprint density at radius 2 is 0.757 bits per heavy atom. The van der Waals surface area contributed by atoms with Gasteiger partial charge in [0.05, 0.1) is 44.3 Å². The number of carboxylic acid groups (broad SMARTS) is 1. The van der Waals surface area contributed by atoms with E-state index in [1.54, 1.807) is 120 Å². The lowest BCUT2D eigenvalue weighted by atomic mass is 9.71. The maximum atomic E-state index is 15.0. The summed E-state index contributed by atoms with van der Waals surface area (Å²) in [5.41, 5.74) is 19.5. The predicted molar refractivity (Wildman–Crippen MR) is 521 cm³/mol. The summed E-state index contributed by atoms with van der Waals surface area (Å²) < 4.78 is 177. The molecule has 7 fully saturated rings. The molecule has 0 bridgehead atoms. The number of hydrogen-bond acceptors (Lipinski definition) is 19. The van der Waals surface area contributed by atoms with E-state index in [4.69, 9.17) is 54.1 Å². The van der Waals surface area contributed by atoms with Gasteiger partial charge in [-0.1, -0.05) is 146 Å². The highest BCUT2D eigenvalue weighted by Crippen LogP contribution is 2.45. The Morgan fingerprint density at radius 3 is 1.16 bits per heavy atom. The van der Waals surface area contributed by atoms with Gasteiger partial charge in [0.2, 0.25) is 10.0 Å². The maximum Gasteiger partial charge on any atom is 0.316 e. The van der Waals surface area contributed by atoms with Crippen LogP contribution < -0.4 is 11.5 Å². The Kier molecular flexibility index (Phi) is 40.5. The zero-order valence-corrected chi connectivity index (χ0v) is 83.3. The fraction of sp³-hybridized carbons (Fsp3) is 0.468. The van der Waals surface area contributed by atoms with Crippen molar-refractivity contribution in [2.45, 2.75) is 241 Å². The van der Waals surface area contributed by atoms with E-state index >= 15 is 4.39 Å². The Labute approximate surface area is 819 Å². The number of esters is 4. The van der Waals surface area contributed by atoms with Crippen molar-refractivity contribution in [1.29, 1.82) is 0 Å². The molecule has 7 saturated heterocycles. The van der Waals surface area contributed by atoms with E-state index in [1.807, 2.05) is 113 Å². The van der Waals surface area contributed by atoms with E-state index in [0.29, 0.717) is 206 Å². The fourth-order valence-corrected chi connectivity index (χ4v) is 20.5. The molecular weight excluding hydrogens is 1830 g/mol. The van der Waals surface area contributed by atoms with Crippen LogP contribution in [-0.4, -0.2) is 153 Å². The third-order valence-corrected chi connectivity index (χ3v) is 30.1. The molecule has 7 aliphatic rings. The number of carbonyl (C=O) groups excluding carboxylic acids is 4. The van der Waals surface area contributed by atoms with Crippen LogP contribution in [-0.2, 0) is 134 Å². The minimum Gasteiger partial charge on any atom is -0.481 e. The first-order valence-electron chi connectivity index (χ1n) is 47.8. The molecule has 0 unspecified atom stereocenters. The maximum absolute atomic E-state index is 15.0. The van der Waals surface area contributed by atoms with Crippen LogP contribution in [0.15, 0.2) is 188 Å². The monoisotopic (exact) mass is 1960 g/mol. The van der Waals surface area contributed by atoms with Gasteiger partial charge in [0.1, 0.15) is 58.2 Å². The van der Waals surface area contributed by atoms with E-state index < -0.39 is 65.4 Å². The number of rotatable bonds is 19. The number of ether oxygens (including phenoxy) is 10. The molecule has 7 heterocycles. The fourth-order valence-electron chi connectivity index (χ4n) is 18.3. The summed E-state index contributed by atoms with van der Waals surface area (Å²) >= 11 is 0. The number of aliphatic carboxylic acids is 1. The second-order valence-electron chi connectivity index (χ2n) is 38.5. The summed E-state index contributed by atoms with van der Waals surface area (Å²) in [5, 5.41) is 8.83. The van der Waals surface area contributed by atoms with Crippen molar-refractivity contribution in [2.75, 3.05) is 93.5 Å². The third-order valence-electron chi connectivity index (χ3n) is 27.7. The Bertz CT molecular complexity index is 5730. The molecule has 140 heavy (non-hydrogen) atoms. The highest BCUT2D eigenvalue weighted by Gasteiger charge is 2.47. The number of carboxylic acids is 1. The largest absolute Gasteiger partial charge is 0.481 e. The molecular formula is C111H136F7N3O18S. The molecule has 0 aliphatic carbocycles. The summed E-state index contributed by atoms with van der Waals surface area (Å²) in [4.78, 5) is 59.2. The molecule has 2 atom stereocenters. The molecule has 0 radical (unpaired) electrons. The zero-order valence-electron chi connectivity index (χ0n) is 82.5. The number of nitrogens with zero attached hydrogens (tertiary/aromatic N) is 1. The van der Waals surface area contributed by atoms with Gasteiger partial charge < -0.3 is 63.9 Å². The number of hydrogen-bond donors (Lipinski definition) is 3. The van der Waals surface area contributed by atoms with Crippen molar-refractivity contribution in [2.24, 2.45) is 11.5 Å². The molecule has 21 nitrogen and oxygen atoms in total. The summed E-state index contributed by atoms with van der Waals surface area (Å²) in [7, 11) is -0.921. The van der Waals surface area contributed by atoms with Gasteiger partial charge in [0, 0.05) is 119 Å². The predicted octanol–water partition coefficient (Wildman–Crippen LogP) is 20.6. The van der Waals surface area contributed by atoms with Crippen LogP contribution in [0.1, 0.15) is 225 Å². The minimum absolute atomic E-state index is 0.0274.